The molecule has 1 fully saturated rings. The standard InChI is InChI=1S/C21H31N3O2S/c1-15(2)14-24-12-8-17-19(21(24)26)18(16(3)27-17)20(25)22-9-13-23-10-6-4-5-7-11-23/h8,12,15H,4-7,9-11,13-14H2,1-3H3,(H,22,25). The van der Waals surface area contributed by atoms with Crippen molar-refractivity contribution in [2.75, 3.05) is 26.2 Å². The summed E-state index contributed by atoms with van der Waals surface area (Å²) in [4.78, 5) is 29.2. The normalized spacial score (nSPS) is 16.0. The first-order chi connectivity index (χ1) is 13.0. The molecule has 6 heteroatoms. The van der Waals surface area contributed by atoms with E-state index in [-0.39, 0.29) is 11.5 Å². The van der Waals surface area contributed by atoms with Crippen molar-refractivity contribution >= 4 is 27.3 Å². The van der Waals surface area contributed by atoms with Crippen molar-refractivity contribution in [3.63, 3.8) is 0 Å². The summed E-state index contributed by atoms with van der Waals surface area (Å²) in [6.45, 7) is 10.5. The molecule has 2 aromatic rings. The van der Waals surface area contributed by atoms with Crippen LogP contribution >= 0.6 is 11.3 Å². The molecule has 0 bridgehead atoms. The average molecular weight is 390 g/mol. The first-order valence-electron chi connectivity index (χ1n) is 10.1. The number of fused-ring (bicyclic) bond motifs is 1. The van der Waals surface area contributed by atoms with Crippen LogP contribution in [0.4, 0.5) is 0 Å². The van der Waals surface area contributed by atoms with Gasteiger partial charge in [0.05, 0.1) is 10.9 Å². The van der Waals surface area contributed by atoms with Gasteiger partial charge in [0.25, 0.3) is 11.5 Å². The Morgan fingerprint density at radius 2 is 1.93 bits per heavy atom. The molecule has 1 aliphatic rings. The fourth-order valence-corrected chi connectivity index (χ4v) is 4.90. The summed E-state index contributed by atoms with van der Waals surface area (Å²) in [5.41, 5.74) is 0.511. The van der Waals surface area contributed by atoms with Crippen LogP contribution in [0.25, 0.3) is 10.1 Å². The lowest BCUT2D eigenvalue weighted by molar-refractivity contribution is 0.0950. The average Bonchev–Trinajstić information content (AvgIpc) is 2.78. The molecule has 0 aliphatic carbocycles. The van der Waals surface area contributed by atoms with Crippen LogP contribution < -0.4 is 10.9 Å². The van der Waals surface area contributed by atoms with E-state index in [4.69, 9.17) is 0 Å². The van der Waals surface area contributed by atoms with Crippen molar-refractivity contribution in [1.82, 2.24) is 14.8 Å². The third-order valence-corrected chi connectivity index (χ3v) is 6.26. The van der Waals surface area contributed by atoms with Gasteiger partial charge < -0.3 is 14.8 Å². The lowest BCUT2D eigenvalue weighted by atomic mass is 10.1. The first-order valence-corrected chi connectivity index (χ1v) is 10.9. The minimum absolute atomic E-state index is 0.0526. The van der Waals surface area contributed by atoms with E-state index in [0.717, 1.165) is 29.2 Å². The van der Waals surface area contributed by atoms with Crippen LogP contribution in [-0.2, 0) is 6.54 Å². The third kappa shape index (κ3) is 4.79. The predicted octanol–water partition coefficient (Wildman–Crippen LogP) is 3.63. The highest BCUT2D eigenvalue weighted by Gasteiger charge is 2.20. The Kier molecular flexibility index (Phi) is 6.71. The van der Waals surface area contributed by atoms with Gasteiger partial charge in [-0.25, -0.2) is 0 Å². The molecule has 1 saturated heterocycles. The fraction of sp³-hybridized carbons (Fsp3) is 0.619. The van der Waals surface area contributed by atoms with Crippen molar-refractivity contribution in [1.29, 1.82) is 0 Å². The topological polar surface area (TPSA) is 54.3 Å². The second-order valence-corrected chi connectivity index (χ2v) is 9.21. The molecule has 3 heterocycles. The number of hydrogen-bond donors (Lipinski definition) is 1. The summed E-state index contributed by atoms with van der Waals surface area (Å²) in [6.07, 6.45) is 6.97. The minimum Gasteiger partial charge on any atom is -0.351 e. The van der Waals surface area contributed by atoms with E-state index in [0.29, 0.717) is 30.0 Å². The maximum Gasteiger partial charge on any atom is 0.260 e. The molecule has 1 N–H and O–H groups in total. The molecule has 0 spiro atoms. The van der Waals surface area contributed by atoms with Crippen molar-refractivity contribution in [2.45, 2.75) is 53.0 Å². The van der Waals surface area contributed by atoms with E-state index in [9.17, 15) is 9.59 Å². The second kappa shape index (κ2) is 9.02. The van der Waals surface area contributed by atoms with Crippen molar-refractivity contribution in [3.8, 4) is 0 Å². The number of amides is 1. The Hall–Kier alpha value is -1.66. The van der Waals surface area contributed by atoms with Crippen LogP contribution in [0.2, 0.25) is 0 Å². The number of nitrogens with one attached hydrogen (secondary N) is 1. The molecule has 5 nitrogen and oxygen atoms in total. The summed E-state index contributed by atoms with van der Waals surface area (Å²) < 4.78 is 2.63. The molecule has 0 atom stereocenters. The highest BCUT2D eigenvalue weighted by atomic mass is 32.1. The number of hydrogen-bond acceptors (Lipinski definition) is 4. The number of rotatable bonds is 6. The van der Waals surface area contributed by atoms with Crippen LogP contribution in [-0.4, -0.2) is 41.6 Å². The van der Waals surface area contributed by atoms with Gasteiger partial charge in [-0.3, -0.25) is 9.59 Å². The van der Waals surface area contributed by atoms with Crippen LogP contribution in [0.15, 0.2) is 17.1 Å². The number of aryl methyl sites for hydroxylation is 1. The van der Waals surface area contributed by atoms with Crippen molar-refractivity contribution in [2.24, 2.45) is 5.92 Å². The maximum atomic E-state index is 12.9. The minimum atomic E-state index is -0.118. The van der Waals surface area contributed by atoms with E-state index in [1.54, 1.807) is 4.57 Å². The molecular formula is C21H31N3O2S. The van der Waals surface area contributed by atoms with E-state index in [1.165, 1.54) is 37.0 Å². The molecule has 27 heavy (non-hydrogen) atoms. The van der Waals surface area contributed by atoms with Gasteiger partial charge in [-0.15, -0.1) is 11.3 Å². The quantitative estimate of drug-likeness (QED) is 0.821. The van der Waals surface area contributed by atoms with Gasteiger partial charge in [-0.2, -0.15) is 0 Å². The summed E-state index contributed by atoms with van der Waals surface area (Å²) in [7, 11) is 0. The molecule has 3 rings (SSSR count). The van der Waals surface area contributed by atoms with Gasteiger partial charge >= 0.3 is 0 Å². The number of likely N-dealkylation sites (tertiary alicyclic amines) is 1. The van der Waals surface area contributed by atoms with Crippen molar-refractivity contribution in [3.05, 3.63) is 33.1 Å². The summed E-state index contributed by atoms with van der Waals surface area (Å²) in [5, 5.41) is 3.63. The number of aromatic nitrogens is 1. The fourth-order valence-electron chi connectivity index (χ4n) is 3.85. The number of carbonyl (C=O) groups is 1. The summed E-state index contributed by atoms with van der Waals surface area (Å²) >= 11 is 1.53. The largest absolute Gasteiger partial charge is 0.351 e. The molecule has 1 amide bonds. The van der Waals surface area contributed by atoms with Gasteiger partial charge in [0.15, 0.2) is 0 Å². The van der Waals surface area contributed by atoms with Gasteiger partial charge in [0.1, 0.15) is 0 Å². The highest BCUT2D eigenvalue weighted by Crippen LogP contribution is 2.28. The monoisotopic (exact) mass is 389 g/mol. The van der Waals surface area contributed by atoms with E-state index in [2.05, 4.69) is 24.1 Å². The maximum absolute atomic E-state index is 12.9. The van der Waals surface area contributed by atoms with Gasteiger partial charge in [0.2, 0.25) is 0 Å². The number of nitrogens with zero attached hydrogens (tertiary/aromatic N) is 2. The predicted molar refractivity (Wildman–Crippen MR) is 113 cm³/mol. The molecule has 0 aromatic carbocycles. The molecule has 148 valence electrons. The summed E-state index contributed by atoms with van der Waals surface area (Å²) in [5.74, 6) is 0.263. The molecular weight excluding hydrogens is 358 g/mol. The van der Waals surface area contributed by atoms with E-state index >= 15 is 0 Å². The Bertz CT molecular complexity index is 845. The smallest absolute Gasteiger partial charge is 0.260 e. The lowest BCUT2D eigenvalue weighted by Gasteiger charge is -2.19. The van der Waals surface area contributed by atoms with Gasteiger partial charge in [-0.05, 0) is 44.8 Å². The third-order valence-electron chi connectivity index (χ3n) is 5.19. The van der Waals surface area contributed by atoms with E-state index in [1.807, 2.05) is 19.2 Å². The van der Waals surface area contributed by atoms with E-state index < -0.39 is 0 Å². The lowest BCUT2D eigenvalue weighted by Crippen LogP contribution is -2.36. The molecule has 0 radical (unpaired) electrons. The molecule has 0 unspecified atom stereocenters. The van der Waals surface area contributed by atoms with Gasteiger partial charge in [-0.1, -0.05) is 26.7 Å². The number of carbonyl (C=O) groups excluding carboxylic acids is 1. The molecule has 0 saturated carbocycles. The zero-order valence-corrected chi connectivity index (χ0v) is 17.5. The highest BCUT2D eigenvalue weighted by molar-refractivity contribution is 7.19. The zero-order valence-electron chi connectivity index (χ0n) is 16.7. The molecule has 1 aliphatic heterocycles. The number of thiophene rings is 1. The Labute approximate surface area is 165 Å². The first kappa shape index (κ1) is 20.1. The second-order valence-electron chi connectivity index (χ2n) is 7.95. The Balaban J connectivity index is 1.75. The van der Waals surface area contributed by atoms with Crippen LogP contribution in [0, 0.1) is 12.8 Å². The number of pyridine rings is 1. The Morgan fingerprint density at radius 1 is 1.22 bits per heavy atom. The Morgan fingerprint density at radius 3 is 2.59 bits per heavy atom. The zero-order chi connectivity index (χ0) is 19.4. The molecule has 2 aromatic heterocycles. The van der Waals surface area contributed by atoms with Crippen molar-refractivity contribution < 1.29 is 4.79 Å². The van der Waals surface area contributed by atoms with Crippen LogP contribution in [0.3, 0.4) is 0 Å². The van der Waals surface area contributed by atoms with Crippen LogP contribution in [0.5, 0.6) is 0 Å². The van der Waals surface area contributed by atoms with Crippen LogP contribution in [0.1, 0.15) is 54.8 Å². The summed E-state index contributed by atoms with van der Waals surface area (Å²) in [6, 6.07) is 1.96. The van der Waals surface area contributed by atoms with Gasteiger partial charge in [0, 0.05) is 35.4 Å². The SMILES string of the molecule is Cc1sc2ccn(CC(C)C)c(=O)c2c1C(=O)NCCN1CCCCCC1.